The van der Waals surface area contributed by atoms with E-state index >= 15 is 0 Å². The number of Topliss-reactive ketones (excluding diaryl/α,β-unsaturated/α-hetero) is 1. The molecule has 29 heavy (non-hydrogen) atoms. The molecule has 1 aliphatic heterocycles. The number of carbonyl (C=O) groups excluding carboxylic acids is 3. The fraction of sp³-hybridized carbons (Fsp3) is 0.211. The zero-order valence-electron chi connectivity index (χ0n) is 14.8. The largest absolute Gasteiger partial charge is 0.457 e. The maximum atomic E-state index is 12.3. The smallest absolute Gasteiger partial charge is 0.311 e. The lowest BCUT2D eigenvalue weighted by molar-refractivity contribution is -0.384. The molecule has 10 heteroatoms. The Labute approximate surface area is 175 Å². The monoisotopic (exact) mass is 436 g/mol. The van der Waals surface area contributed by atoms with Gasteiger partial charge in [-0.15, -0.1) is 0 Å². The van der Waals surface area contributed by atoms with E-state index in [1.54, 1.807) is 6.07 Å². The number of nitro benzene ring substituents is 1. The number of rotatable bonds is 6. The molecule has 2 aromatic rings. The lowest BCUT2D eigenvalue weighted by Gasteiger charge is -2.16. The van der Waals surface area contributed by atoms with Crippen molar-refractivity contribution >= 4 is 52.2 Å². The third-order valence-electron chi connectivity index (χ3n) is 4.39. The highest BCUT2D eigenvalue weighted by Crippen LogP contribution is 2.28. The predicted octanol–water partition coefficient (Wildman–Crippen LogP) is 3.68. The zero-order valence-corrected chi connectivity index (χ0v) is 16.4. The van der Waals surface area contributed by atoms with Crippen molar-refractivity contribution in [3.8, 4) is 0 Å². The Morgan fingerprint density at radius 1 is 1.21 bits per heavy atom. The summed E-state index contributed by atoms with van der Waals surface area (Å²) >= 11 is 11.7. The lowest BCUT2D eigenvalue weighted by atomic mass is 10.1. The average molecular weight is 437 g/mol. The number of non-ortho nitro benzene ring substituents is 1. The molecule has 8 nitrogen and oxygen atoms in total. The Balaban J connectivity index is 1.62. The SMILES string of the molecule is O=C(COC(=O)[C@@H]1CC(=O)N(c2cccc([N+](=O)[O-])c2)C1)c1ccc(Cl)cc1Cl. The summed E-state index contributed by atoms with van der Waals surface area (Å²) < 4.78 is 5.05. The Morgan fingerprint density at radius 3 is 2.66 bits per heavy atom. The lowest BCUT2D eigenvalue weighted by Crippen LogP contribution is -2.27. The highest BCUT2D eigenvalue weighted by molar-refractivity contribution is 6.36. The van der Waals surface area contributed by atoms with Crippen molar-refractivity contribution in [2.75, 3.05) is 18.1 Å². The Bertz CT molecular complexity index is 1010. The van der Waals surface area contributed by atoms with Gasteiger partial charge in [-0.3, -0.25) is 24.5 Å². The van der Waals surface area contributed by atoms with Gasteiger partial charge in [0.1, 0.15) is 0 Å². The van der Waals surface area contributed by atoms with Crippen molar-refractivity contribution < 1.29 is 24.0 Å². The van der Waals surface area contributed by atoms with Gasteiger partial charge in [0.2, 0.25) is 11.7 Å². The van der Waals surface area contributed by atoms with Crippen molar-refractivity contribution in [3.05, 3.63) is 68.2 Å². The Morgan fingerprint density at radius 2 is 1.97 bits per heavy atom. The molecule has 0 aliphatic carbocycles. The zero-order chi connectivity index (χ0) is 21.1. The van der Waals surface area contributed by atoms with E-state index in [0.29, 0.717) is 10.7 Å². The molecule has 2 aromatic carbocycles. The van der Waals surface area contributed by atoms with E-state index in [0.717, 1.165) is 0 Å². The fourth-order valence-corrected chi connectivity index (χ4v) is 3.45. The van der Waals surface area contributed by atoms with Crippen LogP contribution < -0.4 is 4.90 Å². The van der Waals surface area contributed by atoms with Crippen LogP contribution in [0.1, 0.15) is 16.8 Å². The maximum absolute atomic E-state index is 12.3. The van der Waals surface area contributed by atoms with E-state index in [2.05, 4.69) is 0 Å². The molecule has 1 aliphatic rings. The van der Waals surface area contributed by atoms with Crippen LogP contribution >= 0.6 is 23.2 Å². The van der Waals surface area contributed by atoms with Gasteiger partial charge < -0.3 is 9.64 Å². The summed E-state index contributed by atoms with van der Waals surface area (Å²) in [5.41, 5.74) is 0.333. The standard InChI is InChI=1S/C19H14Cl2N2O6/c20-12-4-5-15(16(21)7-12)17(24)10-29-19(26)11-6-18(25)22(9-11)13-2-1-3-14(8-13)23(27)28/h1-5,7-8,11H,6,9-10H2/t11-/m1/s1. The summed E-state index contributed by atoms with van der Waals surface area (Å²) in [5.74, 6) is -2.35. The molecular weight excluding hydrogens is 423 g/mol. The van der Waals surface area contributed by atoms with Crippen LogP contribution in [0.3, 0.4) is 0 Å². The minimum Gasteiger partial charge on any atom is -0.457 e. The summed E-state index contributed by atoms with van der Waals surface area (Å²) in [6.07, 6.45) is -0.114. The first kappa shape index (κ1) is 20.8. The van der Waals surface area contributed by atoms with Gasteiger partial charge in [0.05, 0.1) is 21.6 Å². The second-order valence-corrected chi connectivity index (χ2v) is 7.18. The molecule has 0 unspecified atom stereocenters. The summed E-state index contributed by atoms with van der Waals surface area (Å²) in [6, 6.07) is 9.91. The third-order valence-corrected chi connectivity index (χ3v) is 4.94. The number of nitrogens with zero attached hydrogens (tertiary/aromatic N) is 2. The summed E-state index contributed by atoms with van der Waals surface area (Å²) in [6.45, 7) is -0.517. The van der Waals surface area contributed by atoms with Gasteiger partial charge in [0.15, 0.2) is 6.61 Å². The van der Waals surface area contributed by atoms with Crippen molar-refractivity contribution in [2.45, 2.75) is 6.42 Å². The number of ketones is 1. The molecule has 0 aromatic heterocycles. The van der Waals surface area contributed by atoms with Crippen LogP contribution in [0.5, 0.6) is 0 Å². The predicted molar refractivity (Wildman–Crippen MR) is 105 cm³/mol. The molecule has 1 fully saturated rings. The first-order valence-corrected chi connectivity index (χ1v) is 9.21. The molecule has 0 N–H and O–H groups in total. The first-order chi connectivity index (χ1) is 13.8. The molecule has 1 heterocycles. The van der Waals surface area contributed by atoms with Crippen molar-refractivity contribution in [2.24, 2.45) is 5.92 Å². The van der Waals surface area contributed by atoms with Crippen molar-refractivity contribution in [1.29, 1.82) is 0 Å². The molecule has 0 spiro atoms. The van der Waals surface area contributed by atoms with E-state index in [4.69, 9.17) is 27.9 Å². The normalized spacial score (nSPS) is 16.0. The number of esters is 1. The molecule has 3 rings (SSSR count). The molecule has 0 radical (unpaired) electrons. The average Bonchev–Trinajstić information content (AvgIpc) is 3.07. The molecular formula is C19H14Cl2N2O6. The number of benzene rings is 2. The second kappa shape index (κ2) is 8.59. The Hall–Kier alpha value is -2.97. The number of halogens is 2. The van der Waals surface area contributed by atoms with Gasteiger partial charge in [-0.2, -0.15) is 0 Å². The van der Waals surface area contributed by atoms with Gasteiger partial charge in [0, 0.05) is 35.7 Å². The number of nitro groups is 1. The van der Waals surface area contributed by atoms with E-state index in [9.17, 15) is 24.5 Å². The van der Waals surface area contributed by atoms with Gasteiger partial charge in [-0.05, 0) is 24.3 Å². The van der Waals surface area contributed by atoms with E-state index in [1.165, 1.54) is 41.3 Å². The summed E-state index contributed by atoms with van der Waals surface area (Å²) in [4.78, 5) is 48.4. The molecule has 1 amide bonds. The van der Waals surface area contributed by atoms with Crippen LogP contribution in [0.15, 0.2) is 42.5 Å². The van der Waals surface area contributed by atoms with E-state index in [1.807, 2.05) is 0 Å². The molecule has 1 saturated heterocycles. The second-order valence-electron chi connectivity index (χ2n) is 6.34. The number of anilines is 1. The fourth-order valence-electron chi connectivity index (χ4n) is 2.94. The van der Waals surface area contributed by atoms with Crippen LogP contribution in [-0.4, -0.2) is 35.7 Å². The van der Waals surface area contributed by atoms with E-state index < -0.39 is 29.2 Å². The molecule has 0 bridgehead atoms. The third kappa shape index (κ3) is 4.72. The number of amides is 1. The van der Waals surface area contributed by atoms with Crippen LogP contribution in [-0.2, 0) is 14.3 Å². The quantitative estimate of drug-likeness (QED) is 0.295. The highest BCUT2D eigenvalue weighted by atomic mass is 35.5. The van der Waals surface area contributed by atoms with Gasteiger partial charge >= 0.3 is 5.97 Å². The van der Waals surface area contributed by atoms with Gasteiger partial charge in [-0.1, -0.05) is 29.3 Å². The highest BCUT2D eigenvalue weighted by Gasteiger charge is 2.36. The van der Waals surface area contributed by atoms with Crippen LogP contribution in [0.25, 0.3) is 0 Å². The van der Waals surface area contributed by atoms with Crippen LogP contribution in [0.4, 0.5) is 11.4 Å². The molecule has 150 valence electrons. The number of carbonyl (C=O) groups is 3. The summed E-state index contributed by atoms with van der Waals surface area (Å²) in [7, 11) is 0. The summed E-state index contributed by atoms with van der Waals surface area (Å²) in [5, 5.41) is 11.4. The van der Waals surface area contributed by atoms with Crippen molar-refractivity contribution in [1.82, 2.24) is 0 Å². The molecule has 1 atom stereocenters. The number of ether oxygens (including phenoxy) is 1. The number of hydrogen-bond donors (Lipinski definition) is 0. The minimum atomic E-state index is -0.782. The van der Waals surface area contributed by atoms with Gasteiger partial charge in [0.25, 0.3) is 5.69 Å². The van der Waals surface area contributed by atoms with Crippen LogP contribution in [0, 0.1) is 16.0 Å². The molecule has 0 saturated carbocycles. The van der Waals surface area contributed by atoms with Crippen molar-refractivity contribution in [3.63, 3.8) is 0 Å². The van der Waals surface area contributed by atoms with Gasteiger partial charge in [-0.25, -0.2) is 0 Å². The first-order valence-electron chi connectivity index (χ1n) is 8.46. The van der Waals surface area contributed by atoms with Crippen LogP contribution in [0.2, 0.25) is 10.0 Å². The minimum absolute atomic E-state index is 0.00866. The Kier molecular flexibility index (Phi) is 6.14. The van der Waals surface area contributed by atoms with E-state index in [-0.39, 0.29) is 35.1 Å². The number of hydrogen-bond acceptors (Lipinski definition) is 6. The topological polar surface area (TPSA) is 107 Å². The maximum Gasteiger partial charge on any atom is 0.311 e.